The van der Waals surface area contributed by atoms with Crippen LogP contribution in [0, 0.1) is 0 Å². The Kier molecular flexibility index (Phi) is 9.51. The first-order valence-corrected chi connectivity index (χ1v) is 12.6. The molecule has 0 bridgehead atoms. The number of esters is 1. The van der Waals surface area contributed by atoms with Gasteiger partial charge in [0.15, 0.2) is 12.4 Å². The first-order chi connectivity index (χ1) is 18.9. The molecule has 0 aliphatic heterocycles. The van der Waals surface area contributed by atoms with Gasteiger partial charge in [0, 0.05) is 27.2 Å². The highest BCUT2D eigenvalue weighted by atomic mass is 35.5. The SMILES string of the molecule is O=C(COC(=O)C=Cc1ccc(OCc2ccc(Cl)cc2)cc1)Nc1ccc(Cl)cc1C(=O)c1ccccc1. The summed E-state index contributed by atoms with van der Waals surface area (Å²) in [5.74, 6) is -0.906. The number of hydrogen-bond acceptors (Lipinski definition) is 5. The van der Waals surface area contributed by atoms with E-state index in [1.54, 1.807) is 78.9 Å². The normalized spacial score (nSPS) is 10.7. The van der Waals surface area contributed by atoms with E-state index in [4.69, 9.17) is 32.7 Å². The maximum Gasteiger partial charge on any atom is 0.331 e. The van der Waals surface area contributed by atoms with E-state index in [0.29, 0.717) is 28.0 Å². The van der Waals surface area contributed by atoms with Gasteiger partial charge >= 0.3 is 5.97 Å². The van der Waals surface area contributed by atoms with Gasteiger partial charge < -0.3 is 14.8 Å². The van der Waals surface area contributed by atoms with Crippen molar-refractivity contribution in [3.05, 3.63) is 135 Å². The van der Waals surface area contributed by atoms with Gasteiger partial charge in [0.1, 0.15) is 12.4 Å². The predicted octanol–water partition coefficient (Wildman–Crippen LogP) is 7.00. The minimum Gasteiger partial charge on any atom is -0.489 e. The molecule has 4 aromatic carbocycles. The molecule has 0 radical (unpaired) electrons. The zero-order valence-corrected chi connectivity index (χ0v) is 22.1. The lowest BCUT2D eigenvalue weighted by Gasteiger charge is -2.11. The highest BCUT2D eigenvalue weighted by Crippen LogP contribution is 2.24. The molecule has 0 aliphatic carbocycles. The standard InChI is InChI=1S/C31H23Cl2NO5/c32-24-11-6-22(7-12-24)19-38-26-14-8-21(9-15-26)10-17-30(36)39-20-29(35)34-28-16-13-25(33)18-27(28)31(37)23-4-2-1-3-5-23/h1-18H,19-20H2,(H,34,35). The molecule has 8 heteroatoms. The van der Waals surface area contributed by atoms with Crippen molar-refractivity contribution in [2.75, 3.05) is 11.9 Å². The molecule has 0 aliphatic rings. The van der Waals surface area contributed by atoms with Gasteiger partial charge in [-0.1, -0.05) is 77.8 Å². The molecule has 0 unspecified atom stereocenters. The van der Waals surface area contributed by atoms with Gasteiger partial charge in [0.25, 0.3) is 5.91 Å². The lowest BCUT2D eigenvalue weighted by atomic mass is 10.0. The summed E-state index contributed by atoms with van der Waals surface area (Å²) < 4.78 is 10.8. The zero-order chi connectivity index (χ0) is 27.6. The van der Waals surface area contributed by atoms with Crippen molar-refractivity contribution in [3.63, 3.8) is 0 Å². The van der Waals surface area contributed by atoms with E-state index in [0.717, 1.165) is 11.1 Å². The summed E-state index contributed by atoms with van der Waals surface area (Å²) in [6, 6.07) is 27.7. The topological polar surface area (TPSA) is 81.7 Å². The Morgan fingerprint density at radius 3 is 2.21 bits per heavy atom. The summed E-state index contributed by atoms with van der Waals surface area (Å²) in [5, 5.41) is 3.63. The van der Waals surface area contributed by atoms with Gasteiger partial charge in [0.05, 0.1) is 5.69 Å². The molecule has 0 saturated carbocycles. The van der Waals surface area contributed by atoms with E-state index in [1.807, 2.05) is 12.1 Å². The van der Waals surface area contributed by atoms with Crippen molar-refractivity contribution in [2.45, 2.75) is 6.61 Å². The van der Waals surface area contributed by atoms with Crippen LogP contribution in [0.25, 0.3) is 6.08 Å². The Morgan fingerprint density at radius 1 is 0.795 bits per heavy atom. The van der Waals surface area contributed by atoms with Crippen LogP contribution in [-0.4, -0.2) is 24.3 Å². The smallest absolute Gasteiger partial charge is 0.331 e. The second-order valence-corrected chi connectivity index (χ2v) is 9.23. The Labute approximate surface area is 235 Å². The van der Waals surface area contributed by atoms with E-state index in [2.05, 4.69) is 5.32 Å². The van der Waals surface area contributed by atoms with Gasteiger partial charge in [-0.2, -0.15) is 0 Å². The van der Waals surface area contributed by atoms with Gasteiger partial charge in [-0.15, -0.1) is 0 Å². The maximum absolute atomic E-state index is 12.9. The number of ketones is 1. The fraction of sp³-hybridized carbons (Fsp3) is 0.0645. The van der Waals surface area contributed by atoms with Crippen LogP contribution in [0.2, 0.25) is 10.0 Å². The van der Waals surface area contributed by atoms with Crippen LogP contribution < -0.4 is 10.1 Å². The number of nitrogens with one attached hydrogen (secondary N) is 1. The summed E-state index contributed by atoms with van der Waals surface area (Å²) in [6.07, 6.45) is 2.79. The number of ether oxygens (including phenoxy) is 2. The highest BCUT2D eigenvalue weighted by molar-refractivity contribution is 6.31. The molecule has 4 rings (SSSR count). The number of carbonyl (C=O) groups is 3. The molecule has 0 spiro atoms. The van der Waals surface area contributed by atoms with Gasteiger partial charge in [-0.05, 0) is 59.7 Å². The minimum absolute atomic E-state index is 0.230. The summed E-state index contributed by atoms with van der Waals surface area (Å²) in [7, 11) is 0. The molecule has 0 saturated heterocycles. The van der Waals surface area contributed by atoms with E-state index in [9.17, 15) is 14.4 Å². The average molecular weight is 560 g/mol. The van der Waals surface area contributed by atoms with Crippen molar-refractivity contribution in [3.8, 4) is 5.75 Å². The third kappa shape index (κ3) is 8.30. The van der Waals surface area contributed by atoms with E-state index in [1.165, 1.54) is 18.2 Å². The van der Waals surface area contributed by atoms with E-state index < -0.39 is 18.5 Å². The Hall–Kier alpha value is -4.39. The van der Waals surface area contributed by atoms with Crippen molar-refractivity contribution in [1.82, 2.24) is 0 Å². The second kappa shape index (κ2) is 13.4. The molecule has 1 N–H and O–H groups in total. The summed E-state index contributed by atoms with van der Waals surface area (Å²) in [4.78, 5) is 37.5. The summed E-state index contributed by atoms with van der Waals surface area (Å²) in [6.45, 7) is -0.124. The molecule has 6 nitrogen and oxygen atoms in total. The van der Waals surface area contributed by atoms with Crippen LogP contribution in [0.5, 0.6) is 5.75 Å². The maximum atomic E-state index is 12.9. The van der Waals surface area contributed by atoms with E-state index >= 15 is 0 Å². The number of carbonyl (C=O) groups excluding carboxylic acids is 3. The Bertz CT molecular complexity index is 1480. The van der Waals surface area contributed by atoms with Crippen molar-refractivity contribution >= 4 is 52.6 Å². The number of rotatable bonds is 10. The summed E-state index contributed by atoms with van der Waals surface area (Å²) >= 11 is 12.0. The van der Waals surface area contributed by atoms with Gasteiger partial charge in [0.2, 0.25) is 0 Å². The Balaban J connectivity index is 1.27. The molecule has 0 atom stereocenters. The molecule has 4 aromatic rings. The monoisotopic (exact) mass is 559 g/mol. The molecule has 0 fully saturated rings. The van der Waals surface area contributed by atoms with Crippen LogP contribution in [0.1, 0.15) is 27.0 Å². The molecular weight excluding hydrogens is 537 g/mol. The minimum atomic E-state index is -0.690. The van der Waals surface area contributed by atoms with Crippen LogP contribution >= 0.6 is 23.2 Å². The van der Waals surface area contributed by atoms with Crippen LogP contribution in [0.4, 0.5) is 5.69 Å². The quantitative estimate of drug-likeness (QED) is 0.128. The number of halogens is 2. The lowest BCUT2D eigenvalue weighted by Crippen LogP contribution is -2.21. The number of benzene rings is 4. The fourth-order valence-electron chi connectivity index (χ4n) is 3.52. The highest BCUT2D eigenvalue weighted by Gasteiger charge is 2.16. The lowest BCUT2D eigenvalue weighted by molar-refractivity contribution is -0.142. The largest absolute Gasteiger partial charge is 0.489 e. The number of hydrogen-bond donors (Lipinski definition) is 1. The first-order valence-electron chi connectivity index (χ1n) is 11.9. The van der Waals surface area contributed by atoms with Crippen molar-refractivity contribution in [1.29, 1.82) is 0 Å². The molecule has 0 heterocycles. The average Bonchev–Trinajstić information content (AvgIpc) is 2.96. The van der Waals surface area contributed by atoms with Crippen LogP contribution in [-0.2, 0) is 20.9 Å². The Morgan fingerprint density at radius 2 is 1.49 bits per heavy atom. The predicted molar refractivity (Wildman–Crippen MR) is 152 cm³/mol. The van der Waals surface area contributed by atoms with Crippen molar-refractivity contribution in [2.24, 2.45) is 0 Å². The molecule has 0 aromatic heterocycles. The van der Waals surface area contributed by atoms with Crippen molar-refractivity contribution < 1.29 is 23.9 Å². The van der Waals surface area contributed by atoms with Gasteiger partial charge in [-0.25, -0.2) is 4.79 Å². The van der Waals surface area contributed by atoms with Gasteiger partial charge in [-0.3, -0.25) is 9.59 Å². The zero-order valence-electron chi connectivity index (χ0n) is 20.6. The fourth-order valence-corrected chi connectivity index (χ4v) is 3.81. The first kappa shape index (κ1) is 27.6. The number of amides is 1. The van der Waals surface area contributed by atoms with E-state index in [-0.39, 0.29) is 17.0 Å². The third-order valence-corrected chi connectivity index (χ3v) is 5.98. The molecule has 39 heavy (non-hydrogen) atoms. The third-order valence-electron chi connectivity index (χ3n) is 5.49. The molecule has 1 amide bonds. The summed E-state index contributed by atoms with van der Waals surface area (Å²) in [5.41, 5.74) is 2.69. The second-order valence-electron chi connectivity index (χ2n) is 8.36. The van der Waals surface area contributed by atoms with Crippen LogP contribution in [0.15, 0.2) is 103 Å². The molecule has 196 valence electrons. The van der Waals surface area contributed by atoms with Crippen LogP contribution in [0.3, 0.4) is 0 Å². The molecular formula is C31H23Cl2NO5. The number of anilines is 1.